The Hall–Kier alpha value is -1.94. The van der Waals surface area contributed by atoms with E-state index in [1.807, 2.05) is 12.3 Å². The molecule has 0 amide bonds. The summed E-state index contributed by atoms with van der Waals surface area (Å²) in [4.78, 5) is 8.85. The van der Waals surface area contributed by atoms with Crippen LogP contribution in [-0.4, -0.2) is 16.5 Å². The minimum absolute atomic E-state index is 0.702. The Balaban J connectivity index is 2.03. The number of fused-ring (bicyclic) bond motifs is 1. The van der Waals surface area contributed by atoms with Crippen molar-refractivity contribution in [2.24, 2.45) is 0 Å². The lowest BCUT2D eigenvalue weighted by molar-refractivity contribution is 0.953. The fourth-order valence-electron chi connectivity index (χ4n) is 2.03. The van der Waals surface area contributed by atoms with Gasteiger partial charge < -0.3 is 5.32 Å². The molecule has 0 unspecified atom stereocenters. The van der Waals surface area contributed by atoms with Gasteiger partial charge in [0.05, 0.1) is 5.69 Å². The third-order valence-corrected chi connectivity index (χ3v) is 3.91. The number of nitrogens with zero attached hydrogens (tertiary/aromatic N) is 2. The maximum absolute atomic E-state index is 4.59. The molecule has 0 aliphatic heterocycles. The van der Waals surface area contributed by atoms with Crippen LogP contribution in [0.15, 0.2) is 41.9 Å². The second-order valence-corrected chi connectivity index (χ2v) is 5.25. The van der Waals surface area contributed by atoms with Gasteiger partial charge in [-0.2, -0.15) is 0 Å². The number of rotatable bonds is 4. The second kappa shape index (κ2) is 5.36. The first kappa shape index (κ1) is 12.1. The zero-order valence-electron chi connectivity index (χ0n) is 10.8. The lowest BCUT2D eigenvalue weighted by Gasteiger charge is -2.06. The van der Waals surface area contributed by atoms with Crippen molar-refractivity contribution in [3.8, 4) is 11.3 Å². The van der Waals surface area contributed by atoms with Gasteiger partial charge in [0, 0.05) is 23.0 Å². The summed E-state index contributed by atoms with van der Waals surface area (Å²) in [6.45, 7) is 3.02. The van der Waals surface area contributed by atoms with E-state index in [-0.39, 0.29) is 0 Å². The summed E-state index contributed by atoms with van der Waals surface area (Å²) in [6, 6.07) is 10.4. The molecule has 0 aliphatic rings. The Morgan fingerprint density at radius 2 is 2.16 bits per heavy atom. The van der Waals surface area contributed by atoms with E-state index in [1.165, 1.54) is 15.6 Å². The lowest BCUT2D eigenvalue weighted by Crippen LogP contribution is -2.04. The van der Waals surface area contributed by atoms with Gasteiger partial charge in [0.15, 0.2) is 0 Å². The molecule has 1 aromatic carbocycles. The first-order valence-electron chi connectivity index (χ1n) is 6.42. The first-order valence-corrected chi connectivity index (χ1v) is 7.30. The van der Waals surface area contributed by atoms with Crippen molar-refractivity contribution < 1.29 is 0 Å². The summed E-state index contributed by atoms with van der Waals surface area (Å²) in [5, 5.41) is 6.61. The molecule has 3 nitrogen and oxygen atoms in total. The number of thiophene rings is 1. The molecule has 2 heterocycles. The fourth-order valence-corrected chi connectivity index (χ4v) is 2.95. The summed E-state index contributed by atoms with van der Waals surface area (Å²) >= 11 is 1.75. The van der Waals surface area contributed by atoms with Crippen LogP contribution in [0.4, 0.5) is 5.95 Å². The molecule has 0 saturated carbocycles. The fraction of sp³-hybridized carbons (Fsp3) is 0.200. The van der Waals surface area contributed by atoms with Crippen molar-refractivity contribution in [1.29, 1.82) is 0 Å². The predicted molar refractivity (Wildman–Crippen MR) is 81.6 cm³/mol. The van der Waals surface area contributed by atoms with Gasteiger partial charge >= 0.3 is 0 Å². The number of benzene rings is 1. The minimum atomic E-state index is 0.702. The van der Waals surface area contributed by atoms with Gasteiger partial charge in [-0.05, 0) is 29.3 Å². The van der Waals surface area contributed by atoms with Gasteiger partial charge in [0.25, 0.3) is 0 Å². The van der Waals surface area contributed by atoms with Gasteiger partial charge in [-0.25, -0.2) is 9.97 Å². The Kier molecular flexibility index (Phi) is 3.42. The summed E-state index contributed by atoms with van der Waals surface area (Å²) in [6.07, 6.45) is 2.88. The molecule has 0 aliphatic carbocycles. The third-order valence-electron chi connectivity index (χ3n) is 2.94. The van der Waals surface area contributed by atoms with E-state index in [9.17, 15) is 0 Å². The van der Waals surface area contributed by atoms with Crippen molar-refractivity contribution >= 4 is 27.4 Å². The van der Waals surface area contributed by atoms with Crippen molar-refractivity contribution in [1.82, 2.24) is 9.97 Å². The van der Waals surface area contributed by atoms with Crippen LogP contribution in [0.3, 0.4) is 0 Å². The van der Waals surface area contributed by atoms with Crippen LogP contribution < -0.4 is 5.32 Å². The Labute approximate surface area is 116 Å². The molecule has 0 fully saturated rings. The topological polar surface area (TPSA) is 37.8 Å². The predicted octanol–water partition coefficient (Wildman–Crippen LogP) is 4.18. The number of aromatic nitrogens is 2. The molecule has 4 heteroatoms. The molecular weight excluding hydrogens is 254 g/mol. The van der Waals surface area contributed by atoms with E-state index in [0.29, 0.717) is 5.95 Å². The number of anilines is 1. The lowest BCUT2D eigenvalue weighted by atomic mass is 10.1. The highest BCUT2D eigenvalue weighted by Gasteiger charge is 2.07. The van der Waals surface area contributed by atoms with Gasteiger partial charge in [-0.3, -0.25) is 0 Å². The van der Waals surface area contributed by atoms with Crippen molar-refractivity contribution in [2.75, 3.05) is 11.9 Å². The molecule has 0 spiro atoms. The Bertz CT molecular complexity index is 690. The summed E-state index contributed by atoms with van der Waals surface area (Å²) < 4.78 is 1.28. The highest BCUT2D eigenvalue weighted by molar-refractivity contribution is 7.17. The zero-order chi connectivity index (χ0) is 13.1. The van der Waals surface area contributed by atoms with E-state index < -0.39 is 0 Å². The molecule has 19 heavy (non-hydrogen) atoms. The maximum Gasteiger partial charge on any atom is 0.223 e. The average molecular weight is 269 g/mol. The Morgan fingerprint density at radius 3 is 3.05 bits per heavy atom. The second-order valence-electron chi connectivity index (χ2n) is 4.34. The normalized spacial score (nSPS) is 10.8. The van der Waals surface area contributed by atoms with Crippen molar-refractivity contribution in [2.45, 2.75) is 13.3 Å². The molecule has 3 aromatic rings. The van der Waals surface area contributed by atoms with E-state index in [0.717, 1.165) is 18.7 Å². The molecule has 2 aromatic heterocycles. The molecule has 0 radical (unpaired) electrons. The number of nitrogens with one attached hydrogen (secondary N) is 1. The van der Waals surface area contributed by atoms with Crippen LogP contribution in [0.25, 0.3) is 21.3 Å². The van der Waals surface area contributed by atoms with Crippen LogP contribution in [-0.2, 0) is 0 Å². The highest BCUT2D eigenvalue weighted by Crippen LogP contribution is 2.31. The van der Waals surface area contributed by atoms with Crippen LogP contribution in [0, 0.1) is 0 Å². The minimum Gasteiger partial charge on any atom is -0.354 e. The Morgan fingerprint density at radius 1 is 1.21 bits per heavy atom. The number of hydrogen-bond donors (Lipinski definition) is 1. The van der Waals surface area contributed by atoms with E-state index in [4.69, 9.17) is 0 Å². The molecule has 1 N–H and O–H groups in total. The van der Waals surface area contributed by atoms with Crippen LogP contribution >= 0.6 is 11.3 Å². The maximum atomic E-state index is 4.59. The highest BCUT2D eigenvalue weighted by atomic mass is 32.1. The van der Waals surface area contributed by atoms with Gasteiger partial charge in [0.2, 0.25) is 5.95 Å². The molecule has 3 rings (SSSR count). The van der Waals surface area contributed by atoms with E-state index >= 15 is 0 Å². The van der Waals surface area contributed by atoms with Crippen LogP contribution in [0.1, 0.15) is 13.3 Å². The first-order chi connectivity index (χ1) is 9.38. The number of hydrogen-bond acceptors (Lipinski definition) is 4. The molecule has 0 bridgehead atoms. The average Bonchev–Trinajstić information content (AvgIpc) is 2.93. The van der Waals surface area contributed by atoms with Crippen LogP contribution in [0.5, 0.6) is 0 Å². The molecule has 96 valence electrons. The van der Waals surface area contributed by atoms with Gasteiger partial charge in [-0.1, -0.05) is 25.1 Å². The quantitative estimate of drug-likeness (QED) is 0.772. The van der Waals surface area contributed by atoms with E-state index in [2.05, 4.69) is 51.9 Å². The SMILES string of the molecule is CCCNc1nccc(-c2cccc3ccsc23)n1. The molecular formula is C15H15N3S. The standard InChI is InChI=1S/C15H15N3S/c1-2-8-16-15-17-9-6-13(18-15)12-5-3-4-11-7-10-19-14(11)12/h3-7,9-10H,2,8H2,1H3,(H,16,17,18). The smallest absolute Gasteiger partial charge is 0.223 e. The van der Waals surface area contributed by atoms with Gasteiger partial charge in [0.1, 0.15) is 0 Å². The summed E-state index contributed by atoms with van der Waals surface area (Å²) in [5.74, 6) is 0.702. The molecule has 0 saturated heterocycles. The molecule has 0 atom stereocenters. The van der Waals surface area contributed by atoms with Crippen LogP contribution in [0.2, 0.25) is 0 Å². The summed E-state index contributed by atoms with van der Waals surface area (Å²) in [5.41, 5.74) is 2.15. The largest absolute Gasteiger partial charge is 0.354 e. The van der Waals surface area contributed by atoms with Crippen molar-refractivity contribution in [3.63, 3.8) is 0 Å². The monoisotopic (exact) mass is 269 g/mol. The van der Waals surface area contributed by atoms with E-state index in [1.54, 1.807) is 11.3 Å². The summed E-state index contributed by atoms with van der Waals surface area (Å²) in [7, 11) is 0. The van der Waals surface area contributed by atoms with Gasteiger partial charge in [-0.15, -0.1) is 11.3 Å². The zero-order valence-corrected chi connectivity index (χ0v) is 11.6. The van der Waals surface area contributed by atoms with Crippen molar-refractivity contribution in [3.05, 3.63) is 41.9 Å². The third kappa shape index (κ3) is 2.44.